The van der Waals surface area contributed by atoms with Crippen LogP contribution in [-0.4, -0.2) is 46.8 Å². The Bertz CT molecular complexity index is 753. The lowest BCUT2D eigenvalue weighted by atomic mass is 9.94. The molecule has 126 valence electrons. The number of methoxy groups -OCH3 is 1. The molecule has 3 rings (SSSR count). The Hall–Kier alpha value is -2.63. The zero-order valence-corrected chi connectivity index (χ0v) is 13.9. The van der Waals surface area contributed by atoms with E-state index in [1.54, 1.807) is 28.9 Å². The van der Waals surface area contributed by atoms with Crippen LogP contribution < -0.4 is 0 Å². The number of hydrogen-bond donors (Lipinski definition) is 0. The molecule has 1 amide bonds. The second-order valence-corrected chi connectivity index (χ2v) is 6.04. The van der Waals surface area contributed by atoms with Crippen LogP contribution in [0, 0.1) is 0 Å². The topological polar surface area (TPSA) is 64.4 Å². The summed E-state index contributed by atoms with van der Waals surface area (Å²) in [6, 6.07) is 8.80. The number of ether oxygens (including phenoxy) is 1. The molecule has 6 heteroatoms. The van der Waals surface area contributed by atoms with E-state index in [9.17, 15) is 9.59 Å². The third-order valence-corrected chi connectivity index (χ3v) is 4.42. The number of esters is 1. The Labute approximate surface area is 141 Å². The highest BCUT2D eigenvalue weighted by Crippen LogP contribution is 2.27. The number of benzene rings is 1. The maximum Gasteiger partial charge on any atom is 0.338 e. The Morgan fingerprint density at radius 3 is 2.62 bits per heavy atom. The lowest BCUT2D eigenvalue weighted by Gasteiger charge is -2.32. The molecule has 24 heavy (non-hydrogen) atoms. The summed E-state index contributed by atoms with van der Waals surface area (Å²) in [5, 5.41) is 4.46. The van der Waals surface area contributed by atoms with Crippen molar-refractivity contribution in [3.63, 3.8) is 0 Å². The van der Waals surface area contributed by atoms with Gasteiger partial charge in [-0.15, -0.1) is 0 Å². The molecule has 2 aromatic rings. The van der Waals surface area contributed by atoms with Gasteiger partial charge in [0.05, 0.1) is 23.9 Å². The summed E-state index contributed by atoms with van der Waals surface area (Å²) in [6.07, 6.45) is 3.86. The molecular formula is C18H21N3O3. The molecule has 0 saturated carbocycles. The largest absolute Gasteiger partial charge is 0.465 e. The third-order valence-electron chi connectivity index (χ3n) is 4.42. The van der Waals surface area contributed by atoms with Crippen LogP contribution in [0.2, 0.25) is 0 Å². The maximum absolute atomic E-state index is 12.9. The van der Waals surface area contributed by atoms with Gasteiger partial charge in [0, 0.05) is 32.3 Å². The van der Waals surface area contributed by atoms with E-state index in [2.05, 4.69) is 5.10 Å². The predicted molar refractivity (Wildman–Crippen MR) is 88.9 cm³/mol. The predicted octanol–water partition coefficient (Wildman–Crippen LogP) is 2.23. The smallest absolute Gasteiger partial charge is 0.338 e. The van der Waals surface area contributed by atoms with Crippen molar-refractivity contribution in [2.75, 3.05) is 20.2 Å². The van der Waals surface area contributed by atoms with Crippen LogP contribution in [0.25, 0.3) is 0 Å². The SMILES string of the molecule is COC(=O)c1ccccc1C(=O)N1CCC[C@@H](c2ccn(C)n2)C1. The summed E-state index contributed by atoms with van der Waals surface area (Å²) in [7, 11) is 3.21. The molecule has 1 aromatic heterocycles. The standard InChI is InChI=1S/C18H21N3O3/c1-20-11-9-16(19-20)13-6-5-10-21(12-13)17(22)14-7-3-4-8-15(14)18(23)24-2/h3-4,7-9,11,13H,5-6,10,12H2,1-2H3/t13-/m1/s1. The quantitative estimate of drug-likeness (QED) is 0.811. The highest BCUT2D eigenvalue weighted by atomic mass is 16.5. The number of amides is 1. The fourth-order valence-electron chi connectivity index (χ4n) is 3.18. The average molecular weight is 327 g/mol. The number of aromatic nitrogens is 2. The van der Waals surface area contributed by atoms with E-state index >= 15 is 0 Å². The molecule has 2 heterocycles. The van der Waals surface area contributed by atoms with Crippen LogP contribution in [0.3, 0.4) is 0 Å². The van der Waals surface area contributed by atoms with Gasteiger partial charge in [0.1, 0.15) is 0 Å². The van der Waals surface area contributed by atoms with Gasteiger partial charge in [-0.25, -0.2) is 4.79 Å². The monoisotopic (exact) mass is 327 g/mol. The number of hydrogen-bond acceptors (Lipinski definition) is 4. The van der Waals surface area contributed by atoms with Gasteiger partial charge in [0.15, 0.2) is 0 Å². The van der Waals surface area contributed by atoms with Crippen LogP contribution in [0.5, 0.6) is 0 Å². The summed E-state index contributed by atoms with van der Waals surface area (Å²) >= 11 is 0. The molecule has 1 saturated heterocycles. The minimum absolute atomic E-state index is 0.128. The lowest BCUT2D eigenvalue weighted by Crippen LogP contribution is -2.39. The van der Waals surface area contributed by atoms with E-state index < -0.39 is 5.97 Å². The molecule has 0 bridgehead atoms. The first-order valence-corrected chi connectivity index (χ1v) is 8.06. The summed E-state index contributed by atoms with van der Waals surface area (Å²) in [6.45, 7) is 1.31. The molecule has 1 aromatic carbocycles. The van der Waals surface area contributed by atoms with Crippen molar-refractivity contribution in [2.45, 2.75) is 18.8 Å². The fraction of sp³-hybridized carbons (Fsp3) is 0.389. The van der Waals surface area contributed by atoms with Crippen molar-refractivity contribution in [2.24, 2.45) is 7.05 Å². The van der Waals surface area contributed by atoms with E-state index in [4.69, 9.17) is 4.74 Å². The summed E-state index contributed by atoms with van der Waals surface area (Å²) in [5.74, 6) is -0.386. The number of rotatable bonds is 3. The van der Waals surface area contributed by atoms with Gasteiger partial charge in [-0.05, 0) is 31.0 Å². The zero-order chi connectivity index (χ0) is 17.1. The van der Waals surface area contributed by atoms with Crippen molar-refractivity contribution in [3.05, 3.63) is 53.3 Å². The molecule has 0 aliphatic carbocycles. The molecule has 0 unspecified atom stereocenters. The minimum Gasteiger partial charge on any atom is -0.465 e. The van der Waals surface area contributed by atoms with Crippen LogP contribution in [0.1, 0.15) is 45.2 Å². The molecule has 0 spiro atoms. The summed E-state index contributed by atoms with van der Waals surface area (Å²) in [4.78, 5) is 26.6. The van der Waals surface area contributed by atoms with E-state index in [1.807, 2.05) is 24.2 Å². The van der Waals surface area contributed by atoms with E-state index in [0.717, 1.165) is 18.5 Å². The Morgan fingerprint density at radius 2 is 1.96 bits per heavy atom. The maximum atomic E-state index is 12.9. The molecule has 6 nitrogen and oxygen atoms in total. The zero-order valence-electron chi connectivity index (χ0n) is 13.9. The van der Waals surface area contributed by atoms with Crippen LogP contribution >= 0.6 is 0 Å². The van der Waals surface area contributed by atoms with Gasteiger partial charge in [-0.2, -0.15) is 5.10 Å². The van der Waals surface area contributed by atoms with Gasteiger partial charge in [-0.3, -0.25) is 9.48 Å². The molecule has 1 aliphatic rings. The highest BCUT2D eigenvalue weighted by Gasteiger charge is 2.28. The normalized spacial score (nSPS) is 17.6. The molecule has 1 atom stereocenters. The van der Waals surface area contributed by atoms with Gasteiger partial charge < -0.3 is 9.64 Å². The molecular weight excluding hydrogens is 306 g/mol. The van der Waals surface area contributed by atoms with Crippen molar-refractivity contribution in [1.29, 1.82) is 0 Å². The molecule has 0 N–H and O–H groups in total. The van der Waals surface area contributed by atoms with Gasteiger partial charge >= 0.3 is 5.97 Å². The van der Waals surface area contributed by atoms with Crippen molar-refractivity contribution in [3.8, 4) is 0 Å². The van der Waals surface area contributed by atoms with Crippen molar-refractivity contribution in [1.82, 2.24) is 14.7 Å². The number of aryl methyl sites for hydroxylation is 1. The Morgan fingerprint density at radius 1 is 1.21 bits per heavy atom. The summed E-state index contributed by atoms with van der Waals surface area (Å²) in [5.41, 5.74) is 1.72. The molecule has 1 aliphatic heterocycles. The average Bonchev–Trinajstić information content (AvgIpc) is 3.07. The second-order valence-electron chi connectivity index (χ2n) is 6.04. The van der Waals surface area contributed by atoms with Crippen LogP contribution in [0.4, 0.5) is 0 Å². The van der Waals surface area contributed by atoms with Crippen molar-refractivity contribution < 1.29 is 14.3 Å². The van der Waals surface area contributed by atoms with Gasteiger partial charge in [-0.1, -0.05) is 12.1 Å². The number of piperidine rings is 1. The first-order chi connectivity index (χ1) is 11.6. The highest BCUT2D eigenvalue weighted by molar-refractivity contribution is 6.05. The fourth-order valence-corrected chi connectivity index (χ4v) is 3.18. The van der Waals surface area contributed by atoms with E-state index in [0.29, 0.717) is 24.2 Å². The first-order valence-electron chi connectivity index (χ1n) is 8.06. The first kappa shape index (κ1) is 16.2. The van der Waals surface area contributed by atoms with E-state index in [1.165, 1.54) is 7.11 Å². The van der Waals surface area contributed by atoms with E-state index in [-0.39, 0.29) is 11.8 Å². The van der Waals surface area contributed by atoms with Gasteiger partial charge in [0.25, 0.3) is 5.91 Å². The molecule has 0 radical (unpaired) electrons. The number of carbonyl (C=O) groups is 2. The summed E-state index contributed by atoms with van der Waals surface area (Å²) < 4.78 is 6.57. The number of nitrogens with zero attached hydrogens (tertiary/aromatic N) is 3. The third kappa shape index (κ3) is 3.18. The number of carbonyl (C=O) groups excluding carboxylic acids is 2. The van der Waals surface area contributed by atoms with Crippen LogP contribution in [-0.2, 0) is 11.8 Å². The van der Waals surface area contributed by atoms with Crippen molar-refractivity contribution >= 4 is 11.9 Å². The Kier molecular flexibility index (Phi) is 4.64. The van der Waals surface area contributed by atoms with Crippen LogP contribution in [0.15, 0.2) is 36.5 Å². The number of likely N-dealkylation sites (tertiary alicyclic amines) is 1. The molecule has 1 fully saturated rings. The minimum atomic E-state index is -0.489. The lowest BCUT2D eigenvalue weighted by molar-refractivity contribution is 0.0586. The van der Waals surface area contributed by atoms with Gasteiger partial charge in [0.2, 0.25) is 0 Å². The Balaban J connectivity index is 1.81. The second kappa shape index (κ2) is 6.86.